The van der Waals surface area contributed by atoms with Crippen LogP contribution in [0.2, 0.25) is 10.0 Å². The number of hydrogen-bond acceptors (Lipinski definition) is 2. The fraction of sp³-hybridized carbons (Fsp3) is 0.364. The van der Waals surface area contributed by atoms with Crippen LogP contribution < -0.4 is 0 Å². The van der Waals surface area contributed by atoms with Crippen molar-refractivity contribution in [2.24, 2.45) is 0 Å². The van der Waals surface area contributed by atoms with Crippen molar-refractivity contribution in [3.8, 4) is 0 Å². The zero-order valence-electron chi connectivity index (χ0n) is 8.67. The lowest BCUT2D eigenvalue weighted by Gasteiger charge is -2.10. The Balaban J connectivity index is 2.73. The molecule has 0 radical (unpaired) electrons. The van der Waals surface area contributed by atoms with Crippen LogP contribution >= 0.6 is 34.8 Å². The van der Waals surface area contributed by atoms with Crippen molar-refractivity contribution in [2.75, 3.05) is 6.61 Å². The Kier molecular flexibility index (Phi) is 5.39. The van der Waals surface area contributed by atoms with Gasteiger partial charge in [-0.1, -0.05) is 35.3 Å². The van der Waals surface area contributed by atoms with Crippen LogP contribution in [0.1, 0.15) is 12.5 Å². The molecule has 0 heterocycles. The first-order valence-corrected chi connectivity index (χ1v) is 5.99. The van der Waals surface area contributed by atoms with Crippen LogP contribution in [0.15, 0.2) is 18.2 Å². The van der Waals surface area contributed by atoms with Gasteiger partial charge in [0.15, 0.2) is 0 Å². The Labute approximate surface area is 109 Å². The third-order valence-corrected chi connectivity index (χ3v) is 3.16. The maximum Gasteiger partial charge on any atom is 0.324 e. The van der Waals surface area contributed by atoms with Gasteiger partial charge < -0.3 is 4.74 Å². The van der Waals surface area contributed by atoms with Crippen LogP contribution in [0.3, 0.4) is 0 Å². The first kappa shape index (κ1) is 13.6. The summed E-state index contributed by atoms with van der Waals surface area (Å²) in [6.45, 7) is 2.04. The molecule has 88 valence electrons. The second-order valence-corrected chi connectivity index (χ2v) is 4.45. The van der Waals surface area contributed by atoms with E-state index < -0.39 is 11.3 Å². The second-order valence-electron chi connectivity index (χ2n) is 3.14. The molecule has 0 aromatic heterocycles. The quantitative estimate of drug-likeness (QED) is 0.621. The Hall–Kier alpha value is -0.440. The first-order chi connectivity index (χ1) is 7.56. The molecule has 16 heavy (non-hydrogen) atoms. The van der Waals surface area contributed by atoms with E-state index in [4.69, 9.17) is 39.5 Å². The zero-order chi connectivity index (χ0) is 12.1. The Morgan fingerprint density at radius 2 is 2.12 bits per heavy atom. The summed E-state index contributed by atoms with van der Waals surface area (Å²) in [6.07, 6.45) is 0.305. The molecule has 0 aliphatic heterocycles. The van der Waals surface area contributed by atoms with Crippen molar-refractivity contribution in [1.82, 2.24) is 0 Å². The summed E-state index contributed by atoms with van der Waals surface area (Å²) < 4.78 is 4.80. The van der Waals surface area contributed by atoms with Gasteiger partial charge in [-0.2, -0.15) is 0 Å². The minimum Gasteiger partial charge on any atom is -0.465 e. The van der Waals surface area contributed by atoms with E-state index in [1.54, 1.807) is 25.1 Å². The van der Waals surface area contributed by atoms with Crippen molar-refractivity contribution in [1.29, 1.82) is 0 Å². The second kappa shape index (κ2) is 6.33. The fourth-order valence-electron chi connectivity index (χ4n) is 1.22. The number of halogens is 3. The molecule has 0 N–H and O–H groups in total. The average Bonchev–Trinajstić information content (AvgIpc) is 2.25. The predicted octanol–water partition coefficient (Wildman–Crippen LogP) is 3.71. The lowest BCUT2D eigenvalue weighted by Crippen LogP contribution is -2.20. The van der Waals surface area contributed by atoms with Gasteiger partial charge in [0.1, 0.15) is 5.38 Å². The van der Waals surface area contributed by atoms with Gasteiger partial charge in [-0.3, -0.25) is 4.79 Å². The molecule has 1 unspecified atom stereocenters. The van der Waals surface area contributed by atoms with Crippen LogP contribution in [0, 0.1) is 0 Å². The molecule has 0 spiro atoms. The topological polar surface area (TPSA) is 26.3 Å². The maximum absolute atomic E-state index is 11.3. The standard InChI is InChI=1S/C11H11Cl3O2/c1-2-16-11(15)9(13)6-7-4-3-5-8(12)10(7)14/h3-5,9H,2,6H2,1H3. The van der Waals surface area contributed by atoms with Gasteiger partial charge >= 0.3 is 5.97 Å². The normalized spacial score (nSPS) is 12.2. The molecule has 5 heteroatoms. The minimum atomic E-state index is -0.740. The number of ether oxygens (including phenoxy) is 1. The van der Waals surface area contributed by atoms with E-state index in [-0.39, 0.29) is 0 Å². The van der Waals surface area contributed by atoms with Crippen LogP contribution in [-0.2, 0) is 16.0 Å². The van der Waals surface area contributed by atoms with Gasteiger partial charge in [0, 0.05) is 6.42 Å². The number of rotatable bonds is 4. The van der Waals surface area contributed by atoms with Gasteiger partial charge in [0.05, 0.1) is 16.7 Å². The number of carbonyl (C=O) groups excluding carboxylic acids is 1. The average molecular weight is 282 g/mol. The summed E-state index contributed by atoms with van der Waals surface area (Å²) in [5.41, 5.74) is 0.738. The summed E-state index contributed by atoms with van der Waals surface area (Å²) in [7, 11) is 0. The van der Waals surface area contributed by atoms with Crippen LogP contribution in [0.4, 0.5) is 0 Å². The molecule has 0 saturated carbocycles. The molecule has 0 amide bonds. The predicted molar refractivity (Wildman–Crippen MR) is 66.4 cm³/mol. The highest BCUT2D eigenvalue weighted by molar-refractivity contribution is 6.42. The molecule has 0 fully saturated rings. The van der Waals surface area contributed by atoms with Crippen molar-refractivity contribution in [3.05, 3.63) is 33.8 Å². The number of benzene rings is 1. The number of hydrogen-bond donors (Lipinski definition) is 0. The highest BCUT2D eigenvalue weighted by Crippen LogP contribution is 2.27. The highest BCUT2D eigenvalue weighted by Gasteiger charge is 2.18. The van der Waals surface area contributed by atoms with E-state index in [2.05, 4.69) is 0 Å². The molecular weight excluding hydrogens is 270 g/mol. The number of carbonyl (C=O) groups is 1. The summed E-state index contributed by atoms with van der Waals surface area (Å²) in [6, 6.07) is 5.22. The van der Waals surface area contributed by atoms with E-state index in [0.29, 0.717) is 23.1 Å². The molecule has 1 aromatic rings. The highest BCUT2D eigenvalue weighted by atomic mass is 35.5. The Bertz CT molecular complexity index is 379. The molecule has 2 nitrogen and oxygen atoms in total. The van der Waals surface area contributed by atoms with Crippen LogP contribution in [0.25, 0.3) is 0 Å². The molecule has 1 atom stereocenters. The van der Waals surface area contributed by atoms with Gasteiger partial charge in [-0.25, -0.2) is 0 Å². The zero-order valence-corrected chi connectivity index (χ0v) is 10.9. The van der Waals surface area contributed by atoms with Crippen molar-refractivity contribution in [3.63, 3.8) is 0 Å². The Morgan fingerprint density at radius 1 is 1.44 bits per heavy atom. The fourth-order valence-corrected chi connectivity index (χ4v) is 1.84. The largest absolute Gasteiger partial charge is 0.465 e. The molecule has 0 aliphatic carbocycles. The number of esters is 1. The molecule has 1 rings (SSSR count). The van der Waals surface area contributed by atoms with E-state index in [0.717, 1.165) is 5.56 Å². The minimum absolute atomic E-state index is 0.305. The summed E-state index contributed by atoms with van der Waals surface area (Å²) >= 11 is 17.7. The van der Waals surface area contributed by atoms with E-state index in [1.165, 1.54) is 0 Å². The van der Waals surface area contributed by atoms with Crippen LogP contribution in [-0.4, -0.2) is 18.0 Å². The summed E-state index contributed by atoms with van der Waals surface area (Å²) in [4.78, 5) is 11.3. The third-order valence-electron chi connectivity index (χ3n) is 1.97. The first-order valence-electron chi connectivity index (χ1n) is 4.79. The maximum atomic E-state index is 11.3. The smallest absolute Gasteiger partial charge is 0.324 e. The van der Waals surface area contributed by atoms with Gasteiger partial charge in [-0.05, 0) is 18.6 Å². The van der Waals surface area contributed by atoms with Gasteiger partial charge in [0.25, 0.3) is 0 Å². The molecule has 0 bridgehead atoms. The monoisotopic (exact) mass is 280 g/mol. The lowest BCUT2D eigenvalue weighted by atomic mass is 10.1. The van der Waals surface area contributed by atoms with Crippen molar-refractivity contribution < 1.29 is 9.53 Å². The Morgan fingerprint density at radius 3 is 2.75 bits per heavy atom. The molecule has 0 saturated heterocycles. The summed E-state index contributed by atoms with van der Waals surface area (Å²) in [5, 5.41) is 0.141. The molecule has 1 aromatic carbocycles. The number of alkyl halides is 1. The van der Waals surface area contributed by atoms with E-state index in [9.17, 15) is 4.79 Å². The van der Waals surface area contributed by atoms with Crippen molar-refractivity contribution >= 4 is 40.8 Å². The molecule has 0 aliphatic rings. The van der Waals surface area contributed by atoms with Crippen molar-refractivity contribution in [2.45, 2.75) is 18.7 Å². The molecular formula is C11H11Cl3O2. The summed E-state index contributed by atoms with van der Waals surface area (Å²) in [5.74, 6) is -0.444. The van der Waals surface area contributed by atoms with Gasteiger partial charge in [-0.15, -0.1) is 11.6 Å². The van der Waals surface area contributed by atoms with Gasteiger partial charge in [0.2, 0.25) is 0 Å². The van der Waals surface area contributed by atoms with E-state index in [1.807, 2.05) is 0 Å². The SMILES string of the molecule is CCOC(=O)C(Cl)Cc1cccc(Cl)c1Cl. The third kappa shape index (κ3) is 3.55. The van der Waals surface area contributed by atoms with E-state index >= 15 is 0 Å². The lowest BCUT2D eigenvalue weighted by molar-refractivity contribution is -0.142. The van der Waals surface area contributed by atoms with Crippen LogP contribution in [0.5, 0.6) is 0 Å².